The van der Waals surface area contributed by atoms with Gasteiger partial charge in [0.1, 0.15) is 6.10 Å². The highest BCUT2D eigenvalue weighted by Gasteiger charge is 2.42. The first-order valence-electron chi connectivity index (χ1n) is 8.05. The zero-order valence-corrected chi connectivity index (χ0v) is 10.0. The van der Waals surface area contributed by atoms with Gasteiger partial charge in [-0.25, -0.2) is 4.79 Å². The molecular formula is C12H18N2O4. The predicted molar refractivity (Wildman–Crippen MR) is 65.5 cm³/mol. The summed E-state index contributed by atoms with van der Waals surface area (Å²) in [5.74, 6) is -0.626. The molecule has 1 aromatic rings. The van der Waals surface area contributed by atoms with Gasteiger partial charge in [-0.05, 0) is 6.37 Å². The summed E-state index contributed by atoms with van der Waals surface area (Å²) in [5, 5.41) is 0. The van der Waals surface area contributed by atoms with Crippen LogP contribution in [0.3, 0.4) is 0 Å². The second kappa shape index (κ2) is 5.07. The Kier molecular flexibility index (Phi) is 2.23. The van der Waals surface area contributed by atoms with Crippen molar-refractivity contribution in [1.82, 2.24) is 9.55 Å². The van der Waals surface area contributed by atoms with E-state index in [1.54, 1.807) is 6.92 Å². The fourth-order valence-electron chi connectivity index (χ4n) is 2.13. The summed E-state index contributed by atoms with van der Waals surface area (Å²) in [6.07, 6.45) is -3.81. The lowest BCUT2D eigenvalue weighted by molar-refractivity contribution is -0.0530. The second-order valence-electron chi connectivity index (χ2n) is 4.19. The van der Waals surface area contributed by atoms with Gasteiger partial charge in [-0.15, -0.1) is 0 Å². The summed E-state index contributed by atoms with van der Waals surface area (Å²) in [6, 6.07) is 1.09. The summed E-state index contributed by atoms with van der Waals surface area (Å²) in [4.78, 5) is 25.2. The number of nitrogens with zero attached hydrogens (tertiary/aromatic N) is 1. The van der Waals surface area contributed by atoms with Crippen LogP contribution in [0.4, 0.5) is 0 Å². The van der Waals surface area contributed by atoms with Crippen LogP contribution in [0.25, 0.3) is 0 Å². The van der Waals surface area contributed by atoms with E-state index in [0.717, 1.165) is 10.6 Å². The van der Waals surface area contributed by atoms with Gasteiger partial charge in [0, 0.05) is 28.0 Å². The average molecular weight is 259 g/mol. The van der Waals surface area contributed by atoms with E-state index in [1.807, 2.05) is 4.98 Å². The van der Waals surface area contributed by atoms with Crippen molar-refractivity contribution in [1.29, 1.82) is 0 Å². The first-order chi connectivity index (χ1) is 10.4. The van der Waals surface area contributed by atoms with Crippen LogP contribution in [0.15, 0.2) is 21.9 Å². The van der Waals surface area contributed by atoms with Gasteiger partial charge >= 0.3 is 5.69 Å². The van der Waals surface area contributed by atoms with Crippen molar-refractivity contribution < 1.29 is 16.3 Å². The number of aromatic amines is 1. The number of hydrogen-bond donors (Lipinski definition) is 1. The molecule has 0 unspecified atom stereocenters. The maximum atomic E-state index is 11.9. The van der Waals surface area contributed by atoms with Crippen molar-refractivity contribution in [2.45, 2.75) is 38.7 Å². The number of ether oxygens (including phenoxy) is 2. The van der Waals surface area contributed by atoms with Gasteiger partial charge in [0.05, 0.1) is 10.2 Å². The number of hydrogen-bond acceptors (Lipinski definition) is 4. The quantitative estimate of drug-likeness (QED) is 0.857. The molecule has 6 nitrogen and oxygen atoms in total. The molecule has 0 aromatic carbocycles. The van der Waals surface area contributed by atoms with Crippen LogP contribution in [0, 0.1) is 5.92 Å². The fraction of sp³-hybridized carbons (Fsp3) is 0.667. The van der Waals surface area contributed by atoms with Crippen molar-refractivity contribution in [2.75, 3.05) is 7.04 Å². The second-order valence-corrected chi connectivity index (χ2v) is 4.19. The van der Waals surface area contributed by atoms with Gasteiger partial charge in [0.2, 0.25) is 0 Å². The number of H-pyrrole nitrogens is 1. The minimum Gasteiger partial charge on any atom is -0.376 e. The van der Waals surface area contributed by atoms with E-state index in [2.05, 4.69) is 0 Å². The highest BCUT2D eigenvalue weighted by atomic mass is 16.6. The Hall–Kier alpha value is -1.40. The molecule has 1 N–H and O–H groups in total. The fourth-order valence-corrected chi connectivity index (χ4v) is 2.13. The van der Waals surface area contributed by atoms with Crippen LogP contribution in [-0.4, -0.2) is 28.8 Å². The van der Waals surface area contributed by atoms with Gasteiger partial charge in [0.15, 0.2) is 6.23 Å². The SMILES string of the molecule is [2H]C([2H])([2H])O[C@@H]1[C@H](C)[C@@H](C([2H])([2H])C)O[C@H]1n1ccc(=O)[nH]c1=O. The number of rotatable bonds is 3. The molecule has 2 rings (SSSR count). The lowest BCUT2D eigenvalue weighted by atomic mass is 9.98. The van der Waals surface area contributed by atoms with Crippen molar-refractivity contribution in [3.63, 3.8) is 0 Å². The summed E-state index contributed by atoms with van der Waals surface area (Å²) in [5.41, 5.74) is -1.39. The normalized spacial score (nSPS) is 37.3. The molecular weight excluding hydrogens is 236 g/mol. The summed E-state index contributed by atoms with van der Waals surface area (Å²) < 4.78 is 49.1. The smallest absolute Gasteiger partial charge is 0.330 e. The van der Waals surface area contributed by atoms with Gasteiger partial charge in [-0.3, -0.25) is 14.3 Å². The van der Waals surface area contributed by atoms with Crippen LogP contribution in [0.2, 0.25) is 0 Å². The van der Waals surface area contributed by atoms with Crippen LogP contribution in [0.1, 0.15) is 33.3 Å². The third kappa shape index (κ3) is 2.13. The van der Waals surface area contributed by atoms with E-state index in [4.69, 9.17) is 16.3 Å². The zero-order chi connectivity index (χ0) is 17.6. The molecule has 1 aromatic heterocycles. The molecule has 18 heavy (non-hydrogen) atoms. The number of nitrogens with one attached hydrogen (secondary N) is 1. The molecule has 0 spiro atoms. The zero-order valence-electron chi connectivity index (χ0n) is 15.0. The Morgan fingerprint density at radius 1 is 1.67 bits per heavy atom. The topological polar surface area (TPSA) is 73.3 Å². The van der Waals surface area contributed by atoms with Crippen LogP contribution in [-0.2, 0) is 9.47 Å². The number of aromatic nitrogens is 2. The molecule has 2 heterocycles. The van der Waals surface area contributed by atoms with E-state index in [0.29, 0.717) is 0 Å². The lowest BCUT2D eigenvalue weighted by Crippen LogP contribution is -2.36. The Balaban J connectivity index is 2.45. The van der Waals surface area contributed by atoms with Crippen molar-refractivity contribution >= 4 is 0 Å². The molecule has 100 valence electrons. The molecule has 1 fully saturated rings. The highest BCUT2D eigenvalue weighted by molar-refractivity contribution is 4.91. The minimum absolute atomic E-state index is 0.604. The van der Waals surface area contributed by atoms with Gasteiger partial charge in [0.25, 0.3) is 5.56 Å². The molecule has 1 aliphatic rings. The summed E-state index contributed by atoms with van der Waals surface area (Å²) >= 11 is 0. The highest BCUT2D eigenvalue weighted by Crippen LogP contribution is 2.35. The predicted octanol–water partition coefficient (Wildman–Crippen LogP) is 0.495. The molecule has 0 amide bonds. The van der Waals surface area contributed by atoms with Crippen LogP contribution < -0.4 is 11.2 Å². The van der Waals surface area contributed by atoms with Gasteiger partial charge in [-0.2, -0.15) is 0 Å². The van der Waals surface area contributed by atoms with E-state index >= 15 is 0 Å². The van der Waals surface area contributed by atoms with E-state index < -0.39 is 49.0 Å². The molecule has 1 saturated heterocycles. The van der Waals surface area contributed by atoms with Crippen molar-refractivity contribution in [3.05, 3.63) is 33.1 Å². The Morgan fingerprint density at radius 2 is 2.44 bits per heavy atom. The van der Waals surface area contributed by atoms with E-state index in [1.165, 1.54) is 13.1 Å². The maximum absolute atomic E-state index is 11.9. The molecule has 1 aliphatic heterocycles. The number of methoxy groups -OCH3 is 1. The molecule has 0 aliphatic carbocycles. The molecule has 4 atom stereocenters. The van der Waals surface area contributed by atoms with Crippen LogP contribution in [0.5, 0.6) is 0 Å². The van der Waals surface area contributed by atoms with E-state index in [9.17, 15) is 9.59 Å². The third-order valence-electron chi connectivity index (χ3n) is 3.11. The van der Waals surface area contributed by atoms with E-state index in [-0.39, 0.29) is 0 Å². The average Bonchev–Trinajstić information content (AvgIpc) is 2.65. The minimum atomic E-state index is -2.73. The summed E-state index contributed by atoms with van der Waals surface area (Å²) in [7, 11) is -2.73. The first kappa shape index (κ1) is 7.91. The summed E-state index contributed by atoms with van der Waals surface area (Å²) in [6.45, 7) is 2.90. The van der Waals surface area contributed by atoms with Crippen LogP contribution >= 0.6 is 0 Å². The van der Waals surface area contributed by atoms with Gasteiger partial charge in [-0.1, -0.05) is 13.8 Å². The Bertz CT molecular complexity index is 677. The molecule has 6 heteroatoms. The first-order valence-corrected chi connectivity index (χ1v) is 5.55. The third-order valence-corrected chi connectivity index (χ3v) is 3.11. The Morgan fingerprint density at radius 3 is 3.06 bits per heavy atom. The standard InChI is InChI=1S/C12H18N2O4/c1-4-8-7(2)10(17-3)11(18-8)14-6-5-9(15)13-12(14)16/h5-8,10-11H,4H2,1-3H3,(H,13,15,16)/t7-,8-,10-,11-/m1/s1/i3D3,4D2. The monoisotopic (exact) mass is 259 g/mol. The maximum Gasteiger partial charge on any atom is 0.330 e. The largest absolute Gasteiger partial charge is 0.376 e. The van der Waals surface area contributed by atoms with Crippen molar-refractivity contribution in [3.8, 4) is 0 Å². The lowest BCUT2D eigenvalue weighted by Gasteiger charge is -2.20. The molecule has 0 radical (unpaired) electrons. The molecule has 0 bridgehead atoms. The Labute approximate surface area is 112 Å². The van der Waals surface area contributed by atoms with Gasteiger partial charge < -0.3 is 9.47 Å². The van der Waals surface area contributed by atoms with Crippen molar-refractivity contribution in [2.24, 2.45) is 5.92 Å². The molecule has 0 saturated carbocycles.